The molecule has 3 rings (SSSR count). The van der Waals surface area contributed by atoms with Crippen molar-refractivity contribution in [2.24, 2.45) is 0 Å². The van der Waals surface area contributed by atoms with Crippen molar-refractivity contribution < 1.29 is 14.3 Å². The highest BCUT2D eigenvalue weighted by atomic mass is 16.5. The summed E-state index contributed by atoms with van der Waals surface area (Å²) in [6, 6.07) is 14.7. The van der Waals surface area contributed by atoms with Crippen molar-refractivity contribution in [3.8, 4) is 17.2 Å². The van der Waals surface area contributed by atoms with E-state index in [0.29, 0.717) is 12.3 Å². The predicted octanol–water partition coefficient (Wildman–Crippen LogP) is 1.75. The first-order chi connectivity index (χ1) is 12.7. The minimum Gasteiger partial charge on any atom is -0.496 e. The fourth-order valence-corrected chi connectivity index (χ4v) is 2.39. The van der Waals surface area contributed by atoms with Crippen molar-refractivity contribution in [2.75, 3.05) is 7.11 Å². The number of benzene rings is 2. The average molecular weight is 353 g/mol. The van der Waals surface area contributed by atoms with Crippen LogP contribution in [-0.4, -0.2) is 39.3 Å². The molecule has 0 aliphatic rings. The molecule has 0 radical (unpaired) electrons. The van der Waals surface area contributed by atoms with Crippen molar-refractivity contribution in [3.63, 3.8) is 0 Å². The fraction of sp³-hybridized carbons (Fsp3) is 0.222. The van der Waals surface area contributed by atoms with Crippen molar-refractivity contribution >= 4 is 5.91 Å². The zero-order valence-corrected chi connectivity index (χ0v) is 14.5. The maximum Gasteiger partial charge on any atom is 0.261 e. The summed E-state index contributed by atoms with van der Waals surface area (Å²) in [4.78, 5) is 12.3. The third kappa shape index (κ3) is 4.15. The van der Waals surface area contributed by atoms with Gasteiger partial charge in [-0.25, -0.2) is 4.68 Å². The maximum absolute atomic E-state index is 12.3. The summed E-state index contributed by atoms with van der Waals surface area (Å²) >= 11 is 0. The first-order valence-corrected chi connectivity index (χ1v) is 8.07. The Bertz CT molecular complexity index is 850. The van der Waals surface area contributed by atoms with Gasteiger partial charge in [-0.1, -0.05) is 18.2 Å². The zero-order chi connectivity index (χ0) is 18.4. The summed E-state index contributed by atoms with van der Waals surface area (Å²) in [5.41, 5.74) is 1.71. The maximum atomic E-state index is 12.3. The summed E-state index contributed by atoms with van der Waals surface area (Å²) in [5.74, 6) is 1.11. The van der Waals surface area contributed by atoms with E-state index < -0.39 is 6.10 Å². The van der Waals surface area contributed by atoms with E-state index in [1.54, 1.807) is 26.2 Å². The molecule has 0 spiro atoms. The number of rotatable bonds is 7. The molecule has 0 unspecified atom stereocenters. The highest BCUT2D eigenvalue weighted by Gasteiger charge is 2.15. The Hall–Kier alpha value is -3.42. The minimum absolute atomic E-state index is 0.208. The van der Waals surface area contributed by atoms with E-state index in [-0.39, 0.29) is 5.91 Å². The van der Waals surface area contributed by atoms with Gasteiger partial charge in [0.1, 0.15) is 17.8 Å². The molecule has 8 nitrogen and oxygen atoms in total. The Kier molecular flexibility index (Phi) is 5.43. The van der Waals surface area contributed by atoms with Gasteiger partial charge in [-0.2, -0.15) is 0 Å². The van der Waals surface area contributed by atoms with Crippen LogP contribution >= 0.6 is 0 Å². The number of aromatic nitrogens is 4. The normalized spacial score (nSPS) is 11.6. The minimum atomic E-state index is -0.636. The second-order valence-electron chi connectivity index (χ2n) is 5.54. The predicted molar refractivity (Wildman–Crippen MR) is 94.1 cm³/mol. The van der Waals surface area contributed by atoms with Crippen LogP contribution in [0, 0.1) is 0 Å². The van der Waals surface area contributed by atoms with Gasteiger partial charge < -0.3 is 14.8 Å². The first kappa shape index (κ1) is 17.4. The molecule has 1 heterocycles. The smallest absolute Gasteiger partial charge is 0.261 e. The molecule has 3 aromatic rings. The van der Waals surface area contributed by atoms with Crippen molar-refractivity contribution in [1.29, 1.82) is 0 Å². The summed E-state index contributed by atoms with van der Waals surface area (Å²) in [6.07, 6.45) is 0.868. The molecule has 0 saturated carbocycles. The van der Waals surface area contributed by atoms with E-state index in [4.69, 9.17) is 9.47 Å². The van der Waals surface area contributed by atoms with E-state index in [1.165, 1.54) is 11.0 Å². The molecule has 0 aliphatic heterocycles. The second kappa shape index (κ2) is 8.11. The number of amides is 1. The zero-order valence-electron chi connectivity index (χ0n) is 14.5. The number of ether oxygens (including phenoxy) is 2. The number of methoxy groups -OCH3 is 1. The summed E-state index contributed by atoms with van der Waals surface area (Å²) in [7, 11) is 1.60. The van der Waals surface area contributed by atoms with E-state index >= 15 is 0 Å². The number of carbonyl (C=O) groups excluding carboxylic acids is 1. The van der Waals surface area contributed by atoms with Crippen LogP contribution in [0.4, 0.5) is 0 Å². The van der Waals surface area contributed by atoms with Gasteiger partial charge in [0.2, 0.25) is 0 Å². The van der Waals surface area contributed by atoms with Gasteiger partial charge in [0, 0.05) is 12.1 Å². The number of nitrogens with zero attached hydrogens (tertiary/aromatic N) is 4. The molecular formula is C18H19N5O3. The quantitative estimate of drug-likeness (QED) is 0.696. The van der Waals surface area contributed by atoms with Crippen LogP contribution in [0.2, 0.25) is 0 Å². The van der Waals surface area contributed by atoms with E-state index in [0.717, 1.165) is 17.0 Å². The lowest BCUT2D eigenvalue weighted by Crippen LogP contribution is -2.35. The van der Waals surface area contributed by atoms with Gasteiger partial charge >= 0.3 is 0 Å². The SMILES string of the molecule is COc1ccccc1CNC(=O)[C@H](C)Oc1ccc(-n2cnnn2)cc1. The molecule has 0 aliphatic carbocycles. The van der Waals surface area contributed by atoms with E-state index in [1.807, 2.05) is 36.4 Å². The van der Waals surface area contributed by atoms with Gasteiger partial charge in [0.25, 0.3) is 5.91 Å². The van der Waals surface area contributed by atoms with Gasteiger partial charge in [-0.3, -0.25) is 4.79 Å². The molecule has 8 heteroatoms. The van der Waals surface area contributed by atoms with E-state index in [2.05, 4.69) is 20.8 Å². The summed E-state index contributed by atoms with van der Waals surface area (Å²) in [5, 5.41) is 13.8. The third-order valence-electron chi connectivity index (χ3n) is 3.78. The van der Waals surface area contributed by atoms with Gasteiger partial charge in [0.15, 0.2) is 6.10 Å². The topological polar surface area (TPSA) is 91.2 Å². The molecule has 0 fully saturated rings. The number of nitrogens with one attached hydrogen (secondary N) is 1. The van der Waals surface area contributed by atoms with Gasteiger partial charge in [-0.05, 0) is 47.7 Å². The van der Waals surface area contributed by atoms with E-state index in [9.17, 15) is 4.79 Å². The Labute approximate surface area is 150 Å². The van der Waals surface area contributed by atoms with Crippen molar-refractivity contribution in [2.45, 2.75) is 19.6 Å². The lowest BCUT2D eigenvalue weighted by atomic mass is 10.2. The summed E-state index contributed by atoms with van der Waals surface area (Å²) in [6.45, 7) is 2.07. The Morgan fingerprint density at radius 1 is 1.19 bits per heavy atom. The van der Waals surface area contributed by atoms with Crippen LogP contribution in [0.1, 0.15) is 12.5 Å². The van der Waals surface area contributed by atoms with Crippen LogP contribution in [0.3, 0.4) is 0 Å². The molecular weight excluding hydrogens is 334 g/mol. The summed E-state index contributed by atoms with van der Waals surface area (Å²) < 4.78 is 12.5. The van der Waals surface area contributed by atoms with Crippen molar-refractivity contribution in [3.05, 3.63) is 60.4 Å². The highest BCUT2D eigenvalue weighted by molar-refractivity contribution is 5.80. The fourth-order valence-electron chi connectivity index (χ4n) is 2.39. The first-order valence-electron chi connectivity index (χ1n) is 8.07. The number of carbonyl (C=O) groups is 1. The average Bonchev–Trinajstić information content (AvgIpc) is 3.21. The molecule has 26 heavy (non-hydrogen) atoms. The van der Waals surface area contributed by atoms with Gasteiger partial charge in [0.05, 0.1) is 12.8 Å². The second-order valence-corrected chi connectivity index (χ2v) is 5.54. The Morgan fingerprint density at radius 2 is 1.96 bits per heavy atom. The highest BCUT2D eigenvalue weighted by Crippen LogP contribution is 2.18. The third-order valence-corrected chi connectivity index (χ3v) is 3.78. The van der Waals surface area contributed by atoms with Crippen LogP contribution in [0.25, 0.3) is 5.69 Å². The number of hydrogen-bond donors (Lipinski definition) is 1. The Balaban J connectivity index is 1.55. The van der Waals surface area contributed by atoms with Crippen LogP contribution in [0.15, 0.2) is 54.9 Å². The molecule has 2 aromatic carbocycles. The largest absolute Gasteiger partial charge is 0.496 e. The lowest BCUT2D eigenvalue weighted by Gasteiger charge is -2.16. The number of para-hydroxylation sites is 1. The van der Waals surface area contributed by atoms with Crippen LogP contribution in [0.5, 0.6) is 11.5 Å². The molecule has 0 saturated heterocycles. The number of tetrazole rings is 1. The lowest BCUT2D eigenvalue weighted by molar-refractivity contribution is -0.127. The van der Waals surface area contributed by atoms with Crippen LogP contribution < -0.4 is 14.8 Å². The molecule has 1 amide bonds. The van der Waals surface area contributed by atoms with Gasteiger partial charge in [-0.15, -0.1) is 5.10 Å². The molecule has 134 valence electrons. The molecule has 1 aromatic heterocycles. The van der Waals surface area contributed by atoms with Crippen molar-refractivity contribution in [1.82, 2.24) is 25.5 Å². The van der Waals surface area contributed by atoms with Crippen LogP contribution in [-0.2, 0) is 11.3 Å². The Morgan fingerprint density at radius 3 is 2.65 bits per heavy atom. The monoisotopic (exact) mass is 353 g/mol. The molecule has 0 bridgehead atoms. The standard InChI is InChI=1S/C18H19N5O3/c1-13(18(24)19-11-14-5-3-4-6-17(14)25-2)26-16-9-7-15(8-10-16)23-12-20-21-22-23/h3-10,12-13H,11H2,1-2H3,(H,19,24)/t13-/m0/s1. The molecule has 1 N–H and O–H groups in total. The number of hydrogen-bond acceptors (Lipinski definition) is 6. The molecule has 1 atom stereocenters.